The zero-order valence-electron chi connectivity index (χ0n) is 12.9. The molecule has 0 aromatic carbocycles. The van der Waals surface area contributed by atoms with Crippen LogP contribution in [0.25, 0.3) is 0 Å². The molecule has 2 aliphatic rings. The standard InChI is InChI=1S/C19H29N/c1-2-16-7-11-18(12-8-16)19-13-9-17(10-14-19)6-4-3-5-15-20/h3-6,16-19H,2,7-14H2,1H3/t16-,17-,18-,19-. The van der Waals surface area contributed by atoms with Gasteiger partial charge in [0.2, 0.25) is 0 Å². The monoisotopic (exact) mass is 271 g/mol. The molecule has 0 heterocycles. The van der Waals surface area contributed by atoms with Gasteiger partial charge in [0.1, 0.15) is 0 Å². The summed E-state index contributed by atoms with van der Waals surface area (Å²) in [7, 11) is 0. The normalized spacial score (nSPS) is 35.4. The van der Waals surface area contributed by atoms with Gasteiger partial charge in [-0.1, -0.05) is 44.4 Å². The van der Waals surface area contributed by atoms with Gasteiger partial charge in [-0.05, 0) is 62.2 Å². The first-order valence-corrected chi connectivity index (χ1v) is 8.56. The first kappa shape index (κ1) is 15.4. The number of hydrogen-bond acceptors (Lipinski definition) is 1. The quantitative estimate of drug-likeness (QED) is 0.479. The predicted molar refractivity (Wildman–Crippen MR) is 85.1 cm³/mol. The molecule has 2 saturated carbocycles. The third-order valence-electron chi connectivity index (χ3n) is 5.62. The third kappa shape index (κ3) is 4.51. The highest BCUT2D eigenvalue weighted by atomic mass is 14.3. The second-order valence-electron chi connectivity index (χ2n) is 6.74. The van der Waals surface area contributed by atoms with E-state index in [0.29, 0.717) is 0 Å². The van der Waals surface area contributed by atoms with Crippen LogP contribution in [0.15, 0.2) is 24.3 Å². The molecular formula is C19H29N. The highest BCUT2D eigenvalue weighted by Gasteiger charge is 2.29. The molecule has 2 rings (SSSR count). The van der Waals surface area contributed by atoms with Crippen LogP contribution in [-0.2, 0) is 0 Å². The summed E-state index contributed by atoms with van der Waals surface area (Å²) in [5.74, 6) is 3.81. The maximum atomic E-state index is 8.45. The van der Waals surface area contributed by atoms with Crippen molar-refractivity contribution in [2.45, 2.75) is 64.7 Å². The minimum absolute atomic E-state index is 0.751. The van der Waals surface area contributed by atoms with E-state index in [-0.39, 0.29) is 0 Å². The van der Waals surface area contributed by atoms with Crippen LogP contribution in [0.5, 0.6) is 0 Å². The van der Waals surface area contributed by atoms with E-state index in [1.54, 1.807) is 6.08 Å². The molecule has 1 heteroatoms. The molecule has 0 aromatic heterocycles. The molecule has 20 heavy (non-hydrogen) atoms. The molecule has 0 bridgehead atoms. The molecular weight excluding hydrogens is 242 g/mol. The number of hydrogen-bond donors (Lipinski definition) is 0. The van der Waals surface area contributed by atoms with Crippen molar-refractivity contribution in [2.75, 3.05) is 0 Å². The summed E-state index contributed by atoms with van der Waals surface area (Å²) in [6, 6.07) is 2.03. The molecule has 0 aromatic rings. The van der Waals surface area contributed by atoms with Crippen LogP contribution in [0.4, 0.5) is 0 Å². The second-order valence-corrected chi connectivity index (χ2v) is 6.74. The van der Waals surface area contributed by atoms with Crippen molar-refractivity contribution in [3.8, 4) is 6.07 Å². The highest BCUT2D eigenvalue weighted by molar-refractivity contribution is 5.12. The number of nitriles is 1. The second kappa shape index (κ2) is 8.30. The van der Waals surface area contributed by atoms with Crippen molar-refractivity contribution in [3.63, 3.8) is 0 Å². The van der Waals surface area contributed by atoms with Gasteiger partial charge in [0.15, 0.2) is 0 Å². The van der Waals surface area contributed by atoms with Gasteiger partial charge in [-0.15, -0.1) is 0 Å². The lowest BCUT2D eigenvalue weighted by Gasteiger charge is -2.37. The Bertz CT molecular complexity index is 358. The average Bonchev–Trinajstić information content (AvgIpc) is 2.52. The number of nitrogens with zero attached hydrogens (tertiary/aromatic N) is 1. The van der Waals surface area contributed by atoms with Gasteiger partial charge in [-0.3, -0.25) is 0 Å². The maximum absolute atomic E-state index is 8.45. The minimum Gasteiger partial charge on any atom is -0.193 e. The number of rotatable bonds is 4. The van der Waals surface area contributed by atoms with Crippen molar-refractivity contribution in [3.05, 3.63) is 24.3 Å². The van der Waals surface area contributed by atoms with Crippen LogP contribution in [0.2, 0.25) is 0 Å². The zero-order chi connectivity index (χ0) is 14.2. The maximum Gasteiger partial charge on any atom is 0.0912 e. The first-order chi connectivity index (χ1) is 9.83. The fraction of sp³-hybridized carbons (Fsp3) is 0.737. The van der Waals surface area contributed by atoms with Crippen LogP contribution in [-0.4, -0.2) is 0 Å². The van der Waals surface area contributed by atoms with E-state index in [2.05, 4.69) is 19.1 Å². The fourth-order valence-electron chi connectivity index (χ4n) is 4.20. The van der Waals surface area contributed by atoms with E-state index in [0.717, 1.165) is 23.7 Å². The Morgan fingerprint density at radius 1 is 0.900 bits per heavy atom. The largest absolute Gasteiger partial charge is 0.193 e. The lowest BCUT2D eigenvalue weighted by atomic mass is 9.69. The Balaban J connectivity index is 1.71. The van der Waals surface area contributed by atoms with E-state index < -0.39 is 0 Å². The fourth-order valence-corrected chi connectivity index (χ4v) is 4.20. The smallest absolute Gasteiger partial charge is 0.0912 e. The van der Waals surface area contributed by atoms with Crippen LogP contribution in [0.3, 0.4) is 0 Å². The summed E-state index contributed by atoms with van der Waals surface area (Å²) in [5, 5.41) is 8.45. The molecule has 1 nitrogen and oxygen atoms in total. The molecule has 2 fully saturated rings. The number of allylic oxidation sites excluding steroid dienone is 4. The Kier molecular flexibility index (Phi) is 6.37. The lowest BCUT2D eigenvalue weighted by Crippen LogP contribution is -2.25. The van der Waals surface area contributed by atoms with E-state index in [9.17, 15) is 0 Å². The first-order valence-electron chi connectivity index (χ1n) is 8.56. The van der Waals surface area contributed by atoms with Crippen molar-refractivity contribution in [1.82, 2.24) is 0 Å². The summed E-state index contributed by atoms with van der Waals surface area (Å²) in [4.78, 5) is 0. The third-order valence-corrected chi connectivity index (χ3v) is 5.62. The molecule has 0 amide bonds. The molecule has 0 aliphatic heterocycles. The Hall–Kier alpha value is -1.03. The van der Waals surface area contributed by atoms with Gasteiger partial charge in [-0.25, -0.2) is 0 Å². The van der Waals surface area contributed by atoms with Gasteiger partial charge in [0.25, 0.3) is 0 Å². The Morgan fingerprint density at radius 3 is 2.05 bits per heavy atom. The minimum atomic E-state index is 0.751. The Labute approximate surface area is 124 Å². The van der Waals surface area contributed by atoms with Crippen molar-refractivity contribution >= 4 is 0 Å². The molecule has 110 valence electrons. The van der Waals surface area contributed by atoms with E-state index in [1.807, 2.05) is 12.1 Å². The molecule has 0 radical (unpaired) electrons. The molecule has 0 unspecified atom stereocenters. The van der Waals surface area contributed by atoms with E-state index >= 15 is 0 Å². The van der Waals surface area contributed by atoms with Crippen LogP contribution >= 0.6 is 0 Å². The van der Waals surface area contributed by atoms with Gasteiger partial charge < -0.3 is 0 Å². The van der Waals surface area contributed by atoms with Gasteiger partial charge in [0, 0.05) is 6.08 Å². The Morgan fingerprint density at radius 2 is 1.50 bits per heavy atom. The van der Waals surface area contributed by atoms with E-state index in [1.165, 1.54) is 57.8 Å². The highest BCUT2D eigenvalue weighted by Crippen LogP contribution is 2.42. The summed E-state index contributed by atoms with van der Waals surface area (Å²) in [6.45, 7) is 2.35. The summed E-state index contributed by atoms with van der Waals surface area (Å²) in [5.41, 5.74) is 0. The van der Waals surface area contributed by atoms with Gasteiger partial charge in [0.05, 0.1) is 6.07 Å². The summed E-state index contributed by atoms with van der Waals surface area (Å²) >= 11 is 0. The van der Waals surface area contributed by atoms with Crippen LogP contribution in [0, 0.1) is 35.0 Å². The molecule has 0 spiro atoms. The van der Waals surface area contributed by atoms with E-state index in [4.69, 9.17) is 5.26 Å². The molecule has 0 saturated heterocycles. The lowest BCUT2D eigenvalue weighted by molar-refractivity contribution is 0.154. The van der Waals surface area contributed by atoms with Crippen LogP contribution < -0.4 is 0 Å². The average molecular weight is 271 g/mol. The topological polar surface area (TPSA) is 23.8 Å². The molecule has 2 aliphatic carbocycles. The summed E-state index contributed by atoms with van der Waals surface area (Å²) < 4.78 is 0. The van der Waals surface area contributed by atoms with Crippen LogP contribution in [0.1, 0.15) is 64.7 Å². The predicted octanol–water partition coefficient (Wildman–Crippen LogP) is 5.65. The molecule has 0 N–H and O–H groups in total. The van der Waals surface area contributed by atoms with Crippen molar-refractivity contribution < 1.29 is 0 Å². The summed E-state index contributed by atoms with van der Waals surface area (Å²) in [6.07, 6.45) is 20.7. The zero-order valence-corrected chi connectivity index (χ0v) is 12.9. The van der Waals surface area contributed by atoms with Crippen molar-refractivity contribution in [2.24, 2.45) is 23.7 Å². The van der Waals surface area contributed by atoms with Crippen molar-refractivity contribution in [1.29, 1.82) is 5.26 Å². The van der Waals surface area contributed by atoms with Gasteiger partial charge in [-0.2, -0.15) is 5.26 Å². The molecule has 0 atom stereocenters. The van der Waals surface area contributed by atoms with Gasteiger partial charge >= 0.3 is 0 Å². The SMILES string of the molecule is CC[C@H]1CC[C@H]([C@H]2CC[C@H](C=CC=CC#N)CC2)CC1.